The molecule has 0 aliphatic heterocycles. The molecule has 0 bridgehead atoms. The van der Waals surface area contributed by atoms with Crippen LogP contribution < -0.4 is 5.73 Å². The van der Waals surface area contributed by atoms with Crippen molar-refractivity contribution in [1.82, 2.24) is 0 Å². The quantitative estimate of drug-likeness (QED) is 0.343. The Balaban J connectivity index is 2.92. The summed E-state index contributed by atoms with van der Waals surface area (Å²) in [6, 6.07) is 2.08. The summed E-state index contributed by atoms with van der Waals surface area (Å²) in [6.45, 7) is -0.344. The Hall–Kier alpha value is -2.20. The number of thiol groups is 1. The number of hydrogen-bond donors (Lipinski definition) is 2. The fourth-order valence-electron chi connectivity index (χ4n) is 1.29. The first-order valence-electron chi connectivity index (χ1n) is 5.31. The molecule has 0 saturated heterocycles. The number of benzene rings is 1. The number of rotatable bonds is 6. The SMILES string of the molecule is N[C@H](CS)C(=O)OCc1cc([N+](=O)[O-])cc([N+](=O)[O-])c1. The third kappa shape index (κ3) is 4.17. The van der Waals surface area contributed by atoms with Crippen molar-refractivity contribution < 1.29 is 19.4 Å². The van der Waals surface area contributed by atoms with Crippen molar-refractivity contribution in [3.8, 4) is 0 Å². The highest BCUT2D eigenvalue weighted by Crippen LogP contribution is 2.23. The van der Waals surface area contributed by atoms with Crippen LogP contribution in [0.4, 0.5) is 11.4 Å². The number of nitrogens with zero attached hydrogens (tertiary/aromatic N) is 2. The van der Waals surface area contributed by atoms with Gasteiger partial charge in [-0.1, -0.05) is 0 Å². The van der Waals surface area contributed by atoms with Gasteiger partial charge in [-0.05, 0) is 0 Å². The monoisotopic (exact) mass is 301 g/mol. The Kier molecular flexibility index (Phi) is 5.41. The second-order valence-electron chi connectivity index (χ2n) is 3.77. The molecule has 0 heterocycles. The molecule has 0 saturated carbocycles. The van der Waals surface area contributed by atoms with Gasteiger partial charge in [0.2, 0.25) is 0 Å². The van der Waals surface area contributed by atoms with Crippen molar-refractivity contribution in [2.45, 2.75) is 12.6 Å². The van der Waals surface area contributed by atoms with Crippen molar-refractivity contribution >= 4 is 30.0 Å². The maximum absolute atomic E-state index is 11.3. The first-order valence-corrected chi connectivity index (χ1v) is 5.94. The van der Waals surface area contributed by atoms with E-state index in [1.54, 1.807) is 0 Å². The lowest BCUT2D eigenvalue weighted by molar-refractivity contribution is -0.394. The molecule has 1 atom stereocenters. The molecule has 1 aromatic carbocycles. The molecule has 0 spiro atoms. The average molecular weight is 301 g/mol. The van der Waals surface area contributed by atoms with Crippen LogP contribution in [0.3, 0.4) is 0 Å². The summed E-state index contributed by atoms with van der Waals surface area (Å²) < 4.78 is 4.79. The minimum Gasteiger partial charge on any atom is -0.460 e. The molecule has 1 rings (SSSR count). The van der Waals surface area contributed by atoms with Crippen LogP contribution in [0.15, 0.2) is 18.2 Å². The highest BCUT2D eigenvalue weighted by Gasteiger charge is 2.18. The largest absolute Gasteiger partial charge is 0.460 e. The summed E-state index contributed by atoms with van der Waals surface area (Å²) in [4.78, 5) is 31.1. The number of carbonyl (C=O) groups excluding carboxylic acids is 1. The summed E-state index contributed by atoms with van der Waals surface area (Å²) in [5.74, 6) is -0.664. The van der Waals surface area contributed by atoms with Gasteiger partial charge in [0.15, 0.2) is 0 Å². The van der Waals surface area contributed by atoms with Crippen LogP contribution in [0.25, 0.3) is 0 Å². The number of nitro benzene ring substituents is 2. The summed E-state index contributed by atoms with van der Waals surface area (Å²) in [5.41, 5.74) is 4.59. The van der Waals surface area contributed by atoms with Gasteiger partial charge < -0.3 is 10.5 Å². The third-order valence-electron chi connectivity index (χ3n) is 2.26. The highest BCUT2D eigenvalue weighted by atomic mass is 32.1. The van der Waals surface area contributed by atoms with Crippen LogP contribution >= 0.6 is 12.6 Å². The van der Waals surface area contributed by atoms with Crippen LogP contribution in [0.5, 0.6) is 0 Å². The second-order valence-corrected chi connectivity index (χ2v) is 4.13. The number of esters is 1. The van der Waals surface area contributed by atoms with Gasteiger partial charge in [-0.3, -0.25) is 25.0 Å². The van der Waals surface area contributed by atoms with E-state index in [4.69, 9.17) is 10.5 Å². The molecule has 1 aromatic rings. The maximum atomic E-state index is 11.3. The summed E-state index contributed by atoms with van der Waals surface area (Å²) in [6.07, 6.45) is 0. The molecular formula is C10H11N3O6S. The zero-order valence-electron chi connectivity index (χ0n) is 10.1. The molecular weight excluding hydrogens is 290 g/mol. The molecule has 0 unspecified atom stereocenters. The second kappa shape index (κ2) is 6.82. The minimum absolute atomic E-state index is 0.0773. The van der Waals surface area contributed by atoms with E-state index >= 15 is 0 Å². The van der Waals surface area contributed by atoms with Crippen LogP contribution in [-0.2, 0) is 16.1 Å². The van der Waals surface area contributed by atoms with Gasteiger partial charge in [0.25, 0.3) is 11.4 Å². The Morgan fingerprint density at radius 2 is 1.75 bits per heavy atom. The lowest BCUT2D eigenvalue weighted by atomic mass is 10.2. The van der Waals surface area contributed by atoms with E-state index in [0.717, 1.165) is 18.2 Å². The topological polar surface area (TPSA) is 139 Å². The Bertz CT molecular complexity index is 518. The van der Waals surface area contributed by atoms with Gasteiger partial charge in [0.05, 0.1) is 15.9 Å². The fourth-order valence-corrected chi connectivity index (χ4v) is 1.44. The summed E-state index contributed by atoms with van der Waals surface area (Å²) in [7, 11) is 0. The van der Waals surface area contributed by atoms with Crippen molar-refractivity contribution in [2.24, 2.45) is 5.73 Å². The summed E-state index contributed by atoms with van der Waals surface area (Å²) >= 11 is 3.82. The van der Waals surface area contributed by atoms with E-state index < -0.39 is 33.2 Å². The van der Waals surface area contributed by atoms with Crippen LogP contribution in [0.2, 0.25) is 0 Å². The molecule has 0 aliphatic rings. The van der Waals surface area contributed by atoms with Gasteiger partial charge in [-0.2, -0.15) is 12.6 Å². The highest BCUT2D eigenvalue weighted by molar-refractivity contribution is 7.80. The van der Waals surface area contributed by atoms with Gasteiger partial charge in [-0.15, -0.1) is 0 Å². The van der Waals surface area contributed by atoms with Crippen LogP contribution in [0.1, 0.15) is 5.56 Å². The first-order chi connectivity index (χ1) is 9.35. The number of carbonyl (C=O) groups is 1. The molecule has 9 nitrogen and oxygen atoms in total. The number of nitro groups is 2. The Morgan fingerprint density at radius 3 is 2.15 bits per heavy atom. The summed E-state index contributed by atoms with van der Waals surface area (Å²) in [5, 5.41) is 21.3. The van der Waals surface area contributed by atoms with Gasteiger partial charge >= 0.3 is 5.97 Å². The maximum Gasteiger partial charge on any atom is 0.324 e. The third-order valence-corrected chi connectivity index (χ3v) is 2.66. The Labute approximate surface area is 118 Å². The van der Waals surface area contributed by atoms with Crippen molar-refractivity contribution in [2.75, 3.05) is 5.75 Å². The van der Waals surface area contributed by atoms with E-state index in [-0.39, 0.29) is 17.9 Å². The van der Waals surface area contributed by atoms with E-state index in [1.807, 2.05) is 0 Å². The lowest BCUT2D eigenvalue weighted by Gasteiger charge is -2.08. The molecule has 0 radical (unpaired) electrons. The smallest absolute Gasteiger partial charge is 0.324 e. The molecule has 20 heavy (non-hydrogen) atoms. The minimum atomic E-state index is -0.924. The van der Waals surface area contributed by atoms with Crippen molar-refractivity contribution in [3.05, 3.63) is 44.0 Å². The van der Waals surface area contributed by atoms with E-state index in [2.05, 4.69) is 12.6 Å². The average Bonchev–Trinajstić information content (AvgIpc) is 2.43. The number of non-ortho nitro benzene ring substituents is 2. The molecule has 10 heteroatoms. The van der Waals surface area contributed by atoms with Crippen LogP contribution in [0, 0.1) is 20.2 Å². The van der Waals surface area contributed by atoms with E-state index in [0.29, 0.717) is 0 Å². The first kappa shape index (κ1) is 15.9. The zero-order valence-corrected chi connectivity index (χ0v) is 11.0. The van der Waals surface area contributed by atoms with Crippen molar-refractivity contribution in [1.29, 1.82) is 0 Å². The van der Waals surface area contributed by atoms with Crippen molar-refractivity contribution in [3.63, 3.8) is 0 Å². The van der Waals surface area contributed by atoms with E-state index in [9.17, 15) is 25.0 Å². The number of nitrogens with two attached hydrogens (primary N) is 1. The molecule has 108 valence electrons. The molecule has 0 aliphatic carbocycles. The molecule has 0 aromatic heterocycles. The molecule has 2 N–H and O–H groups in total. The standard InChI is InChI=1S/C10H11N3O6S/c11-9(5-20)10(14)19-4-6-1-7(12(15)16)3-8(2-6)13(17)18/h1-3,9,20H,4-5,11H2/t9-/m1/s1. The van der Waals surface area contributed by atoms with Gasteiger partial charge in [0, 0.05) is 23.4 Å². The molecule has 0 amide bonds. The number of hydrogen-bond acceptors (Lipinski definition) is 8. The fraction of sp³-hybridized carbons (Fsp3) is 0.300. The molecule has 0 fully saturated rings. The van der Waals surface area contributed by atoms with Gasteiger partial charge in [-0.25, -0.2) is 0 Å². The lowest BCUT2D eigenvalue weighted by Crippen LogP contribution is -2.33. The predicted octanol–water partition coefficient (Wildman–Crippen LogP) is 0.803. The van der Waals surface area contributed by atoms with E-state index in [1.165, 1.54) is 0 Å². The number of ether oxygens (including phenoxy) is 1. The predicted molar refractivity (Wildman–Crippen MR) is 71.4 cm³/mol. The zero-order chi connectivity index (χ0) is 15.3. The van der Waals surface area contributed by atoms with Gasteiger partial charge in [0.1, 0.15) is 12.6 Å². The van der Waals surface area contributed by atoms with Crippen LogP contribution in [-0.4, -0.2) is 27.6 Å². The Morgan fingerprint density at radius 1 is 1.25 bits per heavy atom. The normalized spacial score (nSPS) is 11.7.